The number of carboxylic acids is 1. The molecular weight excluding hydrogens is 290 g/mol. The number of carbonyl (C=O) groups is 1. The molecule has 0 aliphatic heterocycles. The Morgan fingerprint density at radius 1 is 1.30 bits per heavy atom. The molecule has 2 rings (SSSR count). The third-order valence-corrected chi connectivity index (χ3v) is 4.99. The molecule has 1 heterocycles. The second-order valence-corrected chi connectivity index (χ2v) is 6.36. The summed E-state index contributed by atoms with van der Waals surface area (Å²) in [6.07, 6.45) is 2.92. The quantitative estimate of drug-likeness (QED) is 0.779. The SMILES string of the molecule is CCc1ccc(CNc2cccc(SC)c2C(=O)O)s1. The van der Waals surface area contributed by atoms with E-state index in [4.69, 9.17) is 0 Å². The first-order chi connectivity index (χ1) is 9.65. The van der Waals surface area contributed by atoms with E-state index in [1.165, 1.54) is 21.5 Å². The Bertz CT molecular complexity index is 608. The first-order valence-electron chi connectivity index (χ1n) is 6.37. The molecule has 3 nitrogen and oxygen atoms in total. The monoisotopic (exact) mass is 307 g/mol. The fourth-order valence-electron chi connectivity index (χ4n) is 1.96. The van der Waals surface area contributed by atoms with Gasteiger partial charge in [-0.3, -0.25) is 0 Å². The van der Waals surface area contributed by atoms with Crippen molar-refractivity contribution in [3.63, 3.8) is 0 Å². The van der Waals surface area contributed by atoms with Crippen molar-refractivity contribution in [1.29, 1.82) is 0 Å². The number of rotatable bonds is 6. The molecule has 0 aliphatic carbocycles. The maximum absolute atomic E-state index is 11.4. The lowest BCUT2D eigenvalue weighted by Crippen LogP contribution is -2.07. The van der Waals surface area contributed by atoms with E-state index in [2.05, 4.69) is 24.4 Å². The van der Waals surface area contributed by atoms with Crippen LogP contribution in [-0.2, 0) is 13.0 Å². The van der Waals surface area contributed by atoms with Crippen LogP contribution in [0, 0.1) is 0 Å². The lowest BCUT2D eigenvalue weighted by atomic mass is 10.1. The van der Waals surface area contributed by atoms with Crippen molar-refractivity contribution in [3.05, 3.63) is 45.6 Å². The van der Waals surface area contributed by atoms with Crippen molar-refractivity contribution in [2.45, 2.75) is 24.8 Å². The molecule has 0 amide bonds. The number of benzene rings is 1. The molecule has 0 fully saturated rings. The van der Waals surface area contributed by atoms with Crippen molar-refractivity contribution in [2.24, 2.45) is 0 Å². The molecule has 0 bridgehead atoms. The molecule has 1 aromatic carbocycles. The predicted molar refractivity (Wildman–Crippen MR) is 86.2 cm³/mol. The van der Waals surface area contributed by atoms with Crippen LogP contribution in [0.2, 0.25) is 0 Å². The van der Waals surface area contributed by atoms with Crippen LogP contribution in [0.1, 0.15) is 27.0 Å². The highest BCUT2D eigenvalue weighted by molar-refractivity contribution is 7.98. The topological polar surface area (TPSA) is 49.3 Å². The molecule has 20 heavy (non-hydrogen) atoms. The van der Waals surface area contributed by atoms with Gasteiger partial charge in [-0.25, -0.2) is 4.79 Å². The molecule has 0 atom stereocenters. The second-order valence-electron chi connectivity index (χ2n) is 4.26. The van der Waals surface area contributed by atoms with Gasteiger partial charge in [0.1, 0.15) is 0 Å². The number of nitrogens with one attached hydrogen (secondary N) is 1. The summed E-state index contributed by atoms with van der Waals surface area (Å²) >= 11 is 3.21. The Morgan fingerprint density at radius 2 is 2.05 bits per heavy atom. The van der Waals surface area contributed by atoms with Crippen molar-refractivity contribution in [3.8, 4) is 0 Å². The molecule has 1 aromatic heterocycles. The van der Waals surface area contributed by atoms with Gasteiger partial charge in [-0.1, -0.05) is 13.0 Å². The second kappa shape index (κ2) is 6.81. The summed E-state index contributed by atoms with van der Waals surface area (Å²) in [5.41, 5.74) is 1.03. The fourth-order valence-corrected chi connectivity index (χ4v) is 3.47. The summed E-state index contributed by atoms with van der Waals surface area (Å²) < 4.78 is 0. The number of aromatic carboxylic acids is 1. The fraction of sp³-hybridized carbons (Fsp3) is 0.267. The van der Waals surface area contributed by atoms with E-state index >= 15 is 0 Å². The zero-order valence-electron chi connectivity index (χ0n) is 11.5. The minimum absolute atomic E-state index is 0.354. The molecule has 0 unspecified atom stereocenters. The van der Waals surface area contributed by atoms with E-state index in [-0.39, 0.29) is 0 Å². The van der Waals surface area contributed by atoms with Crippen LogP contribution in [0.3, 0.4) is 0 Å². The minimum Gasteiger partial charge on any atom is -0.478 e. The van der Waals surface area contributed by atoms with E-state index in [9.17, 15) is 9.90 Å². The highest BCUT2D eigenvalue weighted by Gasteiger charge is 2.14. The third kappa shape index (κ3) is 3.35. The van der Waals surface area contributed by atoms with Crippen molar-refractivity contribution in [2.75, 3.05) is 11.6 Å². The normalized spacial score (nSPS) is 10.5. The molecule has 106 valence electrons. The Labute approximate surface area is 127 Å². The molecule has 0 radical (unpaired) electrons. The first-order valence-corrected chi connectivity index (χ1v) is 8.41. The highest BCUT2D eigenvalue weighted by Crippen LogP contribution is 2.28. The maximum Gasteiger partial charge on any atom is 0.338 e. The predicted octanol–water partition coefficient (Wildman–Crippen LogP) is 4.34. The summed E-state index contributed by atoms with van der Waals surface area (Å²) in [5, 5.41) is 12.6. The molecule has 0 aliphatic rings. The number of anilines is 1. The lowest BCUT2D eigenvalue weighted by molar-refractivity contribution is 0.0694. The lowest BCUT2D eigenvalue weighted by Gasteiger charge is -2.11. The van der Waals surface area contributed by atoms with Crippen LogP contribution in [0.5, 0.6) is 0 Å². The van der Waals surface area contributed by atoms with E-state index < -0.39 is 5.97 Å². The van der Waals surface area contributed by atoms with E-state index in [0.29, 0.717) is 17.8 Å². The zero-order valence-corrected chi connectivity index (χ0v) is 13.1. The van der Waals surface area contributed by atoms with Crippen LogP contribution >= 0.6 is 23.1 Å². The maximum atomic E-state index is 11.4. The molecular formula is C15H17NO2S2. The first kappa shape index (κ1) is 14.9. The standard InChI is InChI=1S/C15H17NO2S2/c1-3-10-7-8-11(20-10)9-16-12-5-4-6-13(19-2)14(12)15(17)18/h4-8,16H,3,9H2,1-2H3,(H,17,18). The summed E-state index contributed by atoms with van der Waals surface area (Å²) in [6, 6.07) is 9.75. The molecule has 0 spiro atoms. The molecule has 0 saturated heterocycles. The minimum atomic E-state index is -0.891. The zero-order chi connectivity index (χ0) is 14.5. The Balaban J connectivity index is 2.18. The van der Waals surface area contributed by atoms with E-state index in [0.717, 1.165) is 11.3 Å². The summed E-state index contributed by atoms with van der Waals surface area (Å²) in [6.45, 7) is 2.79. The number of hydrogen-bond donors (Lipinski definition) is 2. The van der Waals surface area contributed by atoms with Gasteiger partial charge in [0.15, 0.2) is 0 Å². The van der Waals surface area contributed by atoms with Gasteiger partial charge in [-0.15, -0.1) is 23.1 Å². The summed E-state index contributed by atoms with van der Waals surface area (Å²) in [4.78, 5) is 14.8. The number of carboxylic acid groups (broad SMARTS) is 1. The van der Waals surface area contributed by atoms with Crippen LogP contribution in [0.15, 0.2) is 35.2 Å². The van der Waals surface area contributed by atoms with Crippen LogP contribution in [0.4, 0.5) is 5.69 Å². The van der Waals surface area contributed by atoms with Crippen LogP contribution in [0.25, 0.3) is 0 Å². The van der Waals surface area contributed by atoms with Crippen LogP contribution in [-0.4, -0.2) is 17.3 Å². The molecule has 5 heteroatoms. The smallest absolute Gasteiger partial charge is 0.338 e. The van der Waals surface area contributed by atoms with Crippen molar-refractivity contribution >= 4 is 34.8 Å². The van der Waals surface area contributed by atoms with Gasteiger partial charge in [0.2, 0.25) is 0 Å². The van der Waals surface area contributed by atoms with E-state index in [1.54, 1.807) is 11.3 Å². The van der Waals surface area contributed by atoms with Crippen molar-refractivity contribution in [1.82, 2.24) is 0 Å². The van der Waals surface area contributed by atoms with Gasteiger partial charge in [0, 0.05) is 21.2 Å². The number of aryl methyl sites for hydroxylation is 1. The van der Waals surface area contributed by atoms with Gasteiger partial charge in [0.05, 0.1) is 11.3 Å². The van der Waals surface area contributed by atoms with Gasteiger partial charge < -0.3 is 10.4 Å². The Kier molecular flexibility index (Phi) is 5.09. The molecule has 2 aromatic rings. The van der Waals surface area contributed by atoms with Gasteiger partial charge in [-0.2, -0.15) is 0 Å². The van der Waals surface area contributed by atoms with Crippen molar-refractivity contribution < 1.29 is 9.90 Å². The average Bonchev–Trinajstić information content (AvgIpc) is 2.92. The van der Waals surface area contributed by atoms with Gasteiger partial charge in [-0.05, 0) is 36.9 Å². The number of thioether (sulfide) groups is 1. The molecule has 2 N–H and O–H groups in total. The summed E-state index contributed by atoms with van der Waals surface area (Å²) in [7, 11) is 0. The Hall–Kier alpha value is -1.46. The Morgan fingerprint density at radius 3 is 2.65 bits per heavy atom. The van der Waals surface area contributed by atoms with E-state index in [1.807, 2.05) is 24.5 Å². The van der Waals surface area contributed by atoms with Gasteiger partial charge in [0.25, 0.3) is 0 Å². The highest BCUT2D eigenvalue weighted by atomic mass is 32.2. The van der Waals surface area contributed by atoms with Crippen LogP contribution < -0.4 is 5.32 Å². The van der Waals surface area contributed by atoms with Gasteiger partial charge >= 0.3 is 5.97 Å². The summed E-state index contributed by atoms with van der Waals surface area (Å²) in [5.74, 6) is -0.891. The average molecular weight is 307 g/mol. The number of thiophene rings is 1. The largest absolute Gasteiger partial charge is 0.478 e. The third-order valence-electron chi connectivity index (χ3n) is 2.98. The molecule has 0 saturated carbocycles. The number of hydrogen-bond acceptors (Lipinski definition) is 4.